The van der Waals surface area contributed by atoms with Crippen molar-refractivity contribution in [3.8, 4) is 0 Å². The van der Waals surface area contributed by atoms with Crippen LogP contribution in [0.2, 0.25) is 0 Å². The van der Waals surface area contributed by atoms with Gasteiger partial charge in [0.25, 0.3) is 0 Å². The molecule has 1 aromatic rings. The molecule has 0 bridgehead atoms. The van der Waals surface area contributed by atoms with Crippen LogP contribution in [0, 0.1) is 5.92 Å². The van der Waals surface area contributed by atoms with Gasteiger partial charge in [0.1, 0.15) is 0 Å². The topological polar surface area (TPSA) is 65.5 Å². The van der Waals surface area contributed by atoms with Crippen LogP contribution in [0.5, 0.6) is 0 Å². The van der Waals surface area contributed by atoms with Crippen molar-refractivity contribution >= 4 is 18.2 Å². The highest BCUT2D eigenvalue weighted by Gasteiger charge is 2.21. The van der Waals surface area contributed by atoms with Gasteiger partial charge in [0.2, 0.25) is 12.4 Å². The van der Waals surface area contributed by atoms with Crippen LogP contribution in [0.25, 0.3) is 0 Å². The second-order valence-electron chi connectivity index (χ2n) is 5.91. The molecule has 2 aliphatic heterocycles. The average Bonchev–Trinajstić information content (AvgIpc) is 2.56. The Morgan fingerprint density at radius 1 is 1.10 bits per heavy atom. The zero-order valence-electron chi connectivity index (χ0n) is 12.5. The first-order valence-corrected chi connectivity index (χ1v) is 7.65. The molecule has 21 heavy (non-hydrogen) atoms. The van der Waals surface area contributed by atoms with Gasteiger partial charge in [0.15, 0.2) is 5.82 Å². The van der Waals surface area contributed by atoms with Gasteiger partial charge in [-0.1, -0.05) is 6.92 Å². The lowest BCUT2D eigenvalue weighted by molar-refractivity contribution is -0.118. The maximum atomic E-state index is 10.7. The number of rotatable bonds is 3. The van der Waals surface area contributed by atoms with E-state index in [0.29, 0.717) is 5.95 Å². The van der Waals surface area contributed by atoms with Gasteiger partial charge in [-0.2, -0.15) is 10.1 Å². The summed E-state index contributed by atoms with van der Waals surface area (Å²) in [6.07, 6.45) is 5.07. The molecule has 0 N–H and O–H groups in total. The largest absolute Gasteiger partial charge is 0.355 e. The van der Waals surface area contributed by atoms with Crippen molar-refractivity contribution in [3.05, 3.63) is 6.20 Å². The lowest BCUT2D eigenvalue weighted by atomic mass is 9.99. The van der Waals surface area contributed by atoms with E-state index in [2.05, 4.69) is 31.9 Å². The molecule has 2 aliphatic rings. The lowest BCUT2D eigenvalue weighted by Crippen LogP contribution is -2.46. The minimum absolute atomic E-state index is 0.677. The number of piperidine rings is 1. The SMILES string of the molecule is CC1CCN(c2cnnc(N3CCN(C=O)CC3)n2)CC1. The predicted octanol–water partition coefficient (Wildman–Crippen LogP) is 0.386. The quantitative estimate of drug-likeness (QED) is 0.750. The Balaban J connectivity index is 1.67. The van der Waals surface area contributed by atoms with Crippen molar-refractivity contribution in [1.29, 1.82) is 0 Å². The summed E-state index contributed by atoms with van der Waals surface area (Å²) in [6, 6.07) is 0. The third-order valence-corrected chi connectivity index (χ3v) is 4.39. The van der Waals surface area contributed by atoms with Crippen molar-refractivity contribution in [2.75, 3.05) is 49.1 Å². The number of piperazine rings is 1. The molecule has 0 atom stereocenters. The van der Waals surface area contributed by atoms with E-state index in [1.165, 1.54) is 12.8 Å². The minimum atomic E-state index is 0.677. The first kappa shape index (κ1) is 14.0. The maximum Gasteiger partial charge on any atom is 0.247 e. The van der Waals surface area contributed by atoms with E-state index in [1.807, 2.05) is 0 Å². The van der Waals surface area contributed by atoms with Gasteiger partial charge >= 0.3 is 0 Å². The summed E-state index contributed by atoms with van der Waals surface area (Å²) in [5.41, 5.74) is 0. The molecule has 3 rings (SSSR count). The standard InChI is InChI=1S/C14H22N6O/c1-12-2-4-19(5-3-12)13-10-15-17-14(16-13)20-8-6-18(11-21)7-9-20/h10-12H,2-9H2,1H3. The number of hydrogen-bond donors (Lipinski definition) is 0. The van der Waals surface area contributed by atoms with Crippen LogP contribution < -0.4 is 9.80 Å². The second kappa shape index (κ2) is 6.24. The van der Waals surface area contributed by atoms with Crippen LogP contribution in [0.1, 0.15) is 19.8 Å². The number of aromatic nitrogens is 3. The van der Waals surface area contributed by atoms with Gasteiger partial charge < -0.3 is 14.7 Å². The fraction of sp³-hybridized carbons (Fsp3) is 0.714. The van der Waals surface area contributed by atoms with Gasteiger partial charge in [-0.15, -0.1) is 5.10 Å². The van der Waals surface area contributed by atoms with E-state index < -0.39 is 0 Å². The van der Waals surface area contributed by atoms with Crippen molar-refractivity contribution in [2.24, 2.45) is 5.92 Å². The molecule has 7 nitrogen and oxygen atoms in total. The molecule has 2 fully saturated rings. The number of amides is 1. The fourth-order valence-corrected chi connectivity index (χ4v) is 2.84. The molecule has 0 aromatic carbocycles. The molecule has 2 saturated heterocycles. The Morgan fingerprint density at radius 2 is 1.81 bits per heavy atom. The van der Waals surface area contributed by atoms with Gasteiger partial charge in [-0.25, -0.2) is 0 Å². The molecule has 1 amide bonds. The molecule has 0 spiro atoms. The summed E-state index contributed by atoms with van der Waals surface area (Å²) in [5, 5.41) is 8.27. The maximum absolute atomic E-state index is 10.7. The van der Waals surface area contributed by atoms with Crippen LogP contribution in [-0.4, -0.2) is 65.8 Å². The monoisotopic (exact) mass is 290 g/mol. The van der Waals surface area contributed by atoms with Gasteiger partial charge in [0, 0.05) is 39.3 Å². The summed E-state index contributed by atoms with van der Waals surface area (Å²) in [4.78, 5) is 21.6. The number of nitrogens with zero attached hydrogens (tertiary/aromatic N) is 6. The number of carbonyl (C=O) groups is 1. The van der Waals surface area contributed by atoms with Crippen molar-refractivity contribution in [3.63, 3.8) is 0 Å². The van der Waals surface area contributed by atoms with Gasteiger partial charge in [0.05, 0.1) is 6.20 Å². The molecule has 0 aliphatic carbocycles. The molecule has 0 radical (unpaired) electrons. The number of carbonyl (C=O) groups excluding carboxylic acids is 1. The first-order chi connectivity index (χ1) is 10.3. The van der Waals surface area contributed by atoms with E-state index >= 15 is 0 Å². The molecule has 7 heteroatoms. The Hall–Kier alpha value is -1.92. The van der Waals surface area contributed by atoms with E-state index in [9.17, 15) is 4.79 Å². The molecule has 1 aromatic heterocycles. The highest BCUT2D eigenvalue weighted by Crippen LogP contribution is 2.22. The highest BCUT2D eigenvalue weighted by molar-refractivity contribution is 5.48. The van der Waals surface area contributed by atoms with Crippen molar-refractivity contribution < 1.29 is 4.79 Å². The van der Waals surface area contributed by atoms with Crippen LogP contribution >= 0.6 is 0 Å². The number of hydrogen-bond acceptors (Lipinski definition) is 6. The Kier molecular flexibility index (Phi) is 4.17. The zero-order chi connectivity index (χ0) is 14.7. The van der Waals surface area contributed by atoms with Crippen LogP contribution in [0.4, 0.5) is 11.8 Å². The van der Waals surface area contributed by atoms with Gasteiger partial charge in [-0.3, -0.25) is 4.79 Å². The predicted molar refractivity (Wildman–Crippen MR) is 80.3 cm³/mol. The van der Waals surface area contributed by atoms with Gasteiger partial charge in [-0.05, 0) is 18.8 Å². The first-order valence-electron chi connectivity index (χ1n) is 7.65. The molecule has 0 unspecified atom stereocenters. The number of anilines is 2. The van der Waals surface area contributed by atoms with E-state index in [-0.39, 0.29) is 0 Å². The minimum Gasteiger partial charge on any atom is -0.355 e. The summed E-state index contributed by atoms with van der Waals surface area (Å²) in [7, 11) is 0. The Bertz CT molecular complexity index is 480. The van der Waals surface area contributed by atoms with Crippen LogP contribution in [-0.2, 0) is 4.79 Å². The Labute approximate surface area is 125 Å². The third kappa shape index (κ3) is 3.22. The summed E-state index contributed by atoms with van der Waals surface area (Å²) in [6.45, 7) is 7.35. The van der Waals surface area contributed by atoms with E-state index in [0.717, 1.165) is 57.4 Å². The van der Waals surface area contributed by atoms with E-state index in [4.69, 9.17) is 0 Å². The Morgan fingerprint density at radius 3 is 2.48 bits per heavy atom. The molecule has 114 valence electrons. The third-order valence-electron chi connectivity index (χ3n) is 4.39. The van der Waals surface area contributed by atoms with Crippen LogP contribution in [0.3, 0.4) is 0 Å². The molecular formula is C14H22N6O. The van der Waals surface area contributed by atoms with Crippen LogP contribution in [0.15, 0.2) is 6.20 Å². The summed E-state index contributed by atoms with van der Waals surface area (Å²) < 4.78 is 0. The lowest BCUT2D eigenvalue weighted by Gasteiger charge is -2.34. The summed E-state index contributed by atoms with van der Waals surface area (Å²) in [5.74, 6) is 2.40. The normalized spacial score (nSPS) is 20.7. The highest BCUT2D eigenvalue weighted by atomic mass is 16.1. The molecule has 3 heterocycles. The molecular weight excluding hydrogens is 268 g/mol. The van der Waals surface area contributed by atoms with Crippen molar-refractivity contribution in [2.45, 2.75) is 19.8 Å². The zero-order valence-corrected chi connectivity index (χ0v) is 12.5. The molecule has 0 saturated carbocycles. The second-order valence-corrected chi connectivity index (χ2v) is 5.91. The smallest absolute Gasteiger partial charge is 0.247 e. The summed E-state index contributed by atoms with van der Waals surface area (Å²) >= 11 is 0. The van der Waals surface area contributed by atoms with E-state index in [1.54, 1.807) is 11.1 Å². The van der Waals surface area contributed by atoms with Crippen molar-refractivity contribution in [1.82, 2.24) is 20.1 Å². The average molecular weight is 290 g/mol. The fourth-order valence-electron chi connectivity index (χ4n) is 2.84.